The molecule has 7 nitrogen and oxygen atoms in total. The van der Waals surface area contributed by atoms with Crippen molar-refractivity contribution in [3.63, 3.8) is 0 Å². The zero-order valence-electron chi connectivity index (χ0n) is 24.9. The summed E-state index contributed by atoms with van der Waals surface area (Å²) in [5.41, 5.74) is 4.55. The number of amides is 1. The number of hydrogen-bond acceptors (Lipinski definition) is 5. The molecule has 40 heavy (non-hydrogen) atoms. The second-order valence-corrected chi connectivity index (χ2v) is 11.6. The molecule has 0 bridgehead atoms. The highest BCUT2D eigenvalue weighted by Crippen LogP contribution is 2.30. The fourth-order valence-electron chi connectivity index (χ4n) is 4.95. The van der Waals surface area contributed by atoms with Crippen LogP contribution in [-0.2, 0) is 4.74 Å². The van der Waals surface area contributed by atoms with Crippen molar-refractivity contribution >= 4 is 17.5 Å². The molecule has 1 saturated heterocycles. The molecule has 7 heteroatoms. The van der Waals surface area contributed by atoms with E-state index in [-0.39, 0.29) is 5.91 Å². The number of carbonyl (C=O) groups is 1. The van der Waals surface area contributed by atoms with Gasteiger partial charge < -0.3 is 14.4 Å². The summed E-state index contributed by atoms with van der Waals surface area (Å²) in [7, 11) is 1.67. The average Bonchev–Trinajstić information content (AvgIpc) is 3.10. The third-order valence-electron chi connectivity index (χ3n) is 7.49. The van der Waals surface area contributed by atoms with Crippen LogP contribution >= 0.6 is 0 Å². The molecule has 1 aromatic carbocycles. The number of ether oxygens (including phenoxy) is 2. The average molecular weight is 547 g/mol. The number of methoxy groups -OCH3 is 1. The summed E-state index contributed by atoms with van der Waals surface area (Å²) >= 11 is 0. The second kappa shape index (κ2) is 14.5. The van der Waals surface area contributed by atoms with Crippen molar-refractivity contribution in [3.05, 3.63) is 59.8 Å². The number of rotatable bonds is 12. The van der Waals surface area contributed by atoms with E-state index in [9.17, 15) is 4.79 Å². The van der Waals surface area contributed by atoms with E-state index in [0.717, 1.165) is 93.3 Å². The van der Waals surface area contributed by atoms with Crippen LogP contribution in [0.5, 0.6) is 5.75 Å². The summed E-state index contributed by atoms with van der Waals surface area (Å²) in [6.45, 7) is 14.8. The maximum Gasteiger partial charge on any atom is 0.253 e. The molecule has 0 spiro atoms. The van der Waals surface area contributed by atoms with Crippen LogP contribution in [0.1, 0.15) is 62.9 Å². The Morgan fingerprint density at radius 1 is 1.05 bits per heavy atom. The Kier molecular flexibility index (Phi) is 10.8. The zero-order chi connectivity index (χ0) is 28.5. The molecule has 1 aliphatic rings. The largest absolute Gasteiger partial charge is 0.497 e. The van der Waals surface area contributed by atoms with Crippen molar-refractivity contribution in [1.29, 1.82) is 0 Å². The molecule has 0 radical (unpaired) electrons. The zero-order valence-corrected chi connectivity index (χ0v) is 24.9. The summed E-state index contributed by atoms with van der Waals surface area (Å²) in [6, 6.07) is 11.9. The lowest BCUT2D eigenvalue weighted by molar-refractivity contribution is 0.0741. The summed E-state index contributed by atoms with van der Waals surface area (Å²) in [5, 5.41) is 4.95. The van der Waals surface area contributed by atoms with Gasteiger partial charge in [0.1, 0.15) is 11.4 Å². The van der Waals surface area contributed by atoms with Crippen molar-refractivity contribution in [2.75, 3.05) is 53.0 Å². The first-order valence-corrected chi connectivity index (χ1v) is 14.8. The quantitative estimate of drug-likeness (QED) is 0.268. The molecule has 1 aliphatic heterocycles. The van der Waals surface area contributed by atoms with Gasteiger partial charge in [-0.15, -0.1) is 0 Å². The van der Waals surface area contributed by atoms with Crippen LogP contribution in [-0.4, -0.2) is 78.4 Å². The van der Waals surface area contributed by atoms with Crippen LogP contribution in [0.4, 0.5) is 0 Å². The van der Waals surface area contributed by atoms with Crippen LogP contribution in [0, 0.1) is 11.8 Å². The molecule has 3 aromatic rings. The number of nitrogens with zero attached hydrogens (tertiary/aromatic N) is 4. The van der Waals surface area contributed by atoms with Gasteiger partial charge in [0.2, 0.25) is 0 Å². The Hall–Kier alpha value is -3.16. The smallest absolute Gasteiger partial charge is 0.253 e. The maximum atomic E-state index is 13.8. The highest BCUT2D eigenvalue weighted by Gasteiger charge is 2.20. The summed E-state index contributed by atoms with van der Waals surface area (Å²) < 4.78 is 12.9. The van der Waals surface area contributed by atoms with Gasteiger partial charge in [-0.1, -0.05) is 39.8 Å². The number of fused-ring (bicyclic) bond motifs is 1. The normalized spacial score (nSPS) is 14.9. The Bertz CT molecular complexity index is 1240. The van der Waals surface area contributed by atoms with Crippen molar-refractivity contribution in [2.45, 2.75) is 47.0 Å². The van der Waals surface area contributed by atoms with Crippen molar-refractivity contribution in [3.8, 4) is 17.0 Å². The van der Waals surface area contributed by atoms with Crippen LogP contribution in [0.15, 0.2) is 48.7 Å². The molecule has 1 amide bonds. The van der Waals surface area contributed by atoms with E-state index in [0.29, 0.717) is 17.4 Å². The maximum absolute atomic E-state index is 13.8. The molecule has 216 valence electrons. The van der Waals surface area contributed by atoms with Crippen LogP contribution in [0.2, 0.25) is 0 Å². The minimum atomic E-state index is 0.0930. The van der Waals surface area contributed by atoms with E-state index in [1.165, 1.54) is 0 Å². The minimum Gasteiger partial charge on any atom is -0.497 e. The first-order chi connectivity index (χ1) is 19.4. The second-order valence-electron chi connectivity index (χ2n) is 11.6. The van der Waals surface area contributed by atoms with E-state index in [2.05, 4.69) is 44.7 Å². The Labute approximate surface area is 239 Å². The fourth-order valence-corrected chi connectivity index (χ4v) is 4.95. The molecule has 0 unspecified atom stereocenters. The van der Waals surface area contributed by atoms with Gasteiger partial charge in [0, 0.05) is 62.2 Å². The van der Waals surface area contributed by atoms with Crippen molar-refractivity contribution in [2.24, 2.45) is 11.8 Å². The summed E-state index contributed by atoms with van der Waals surface area (Å²) in [6.07, 6.45) is 9.34. The van der Waals surface area contributed by atoms with E-state index < -0.39 is 0 Å². The van der Waals surface area contributed by atoms with Gasteiger partial charge in [-0.25, -0.2) is 4.52 Å². The van der Waals surface area contributed by atoms with Gasteiger partial charge in [-0.3, -0.25) is 9.69 Å². The fraction of sp³-hybridized carbons (Fsp3) is 0.515. The van der Waals surface area contributed by atoms with E-state index in [1.54, 1.807) is 7.11 Å². The lowest BCUT2D eigenvalue weighted by atomic mass is 10.0. The third-order valence-corrected chi connectivity index (χ3v) is 7.49. The number of carbonyl (C=O) groups excluding carboxylic acids is 1. The van der Waals surface area contributed by atoms with Gasteiger partial charge >= 0.3 is 0 Å². The number of pyridine rings is 1. The molecule has 1 fully saturated rings. The molecular weight excluding hydrogens is 500 g/mol. The Balaban J connectivity index is 1.69. The molecule has 3 heterocycles. The highest BCUT2D eigenvalue weighted by molar-refractivity contribution is 5.96. The number of hydrogen-bond donors (Lipinski definition) is 0. The minimum absolute atomic E-state index is 0.0930. The van der Waals surface area contributed by atoms with Gasteiger partial charge in [-0.2, -0.15) is 5.10 Å². The topological polar surface area (TPSA) is 59.3 Å². The first kappa shape index (κ1) is 29.8. The van der Waals surface area contributed by atoms with E-state index in [1.807, 2.05) is 52.0 Å². The lowest BCUT2D eigenvalue weighted by Gasteiger charge is -2.24. The summed E-state index contributed by atoms with van der Waals surface area (Å²) in [5.74, 6) is 2.00. The molecular formula is C33H46N4O3. The first-order valence-electron chi connectivity index (χ1n) is 14.8. The molecule has 4 rings (SSSR count). The third kappa shape index (κ3) is 7.95. The highest BCUT2D eigenvalue weighted by atomic mass is 16.5. The Morgan fingerprint density at radius 3 is 2.45 bits per heavy atom. The van der Waals surface area contributed by atoms with Gasteiger partial charge in [0.05, 0.1) is 19.2 Å². The van der Waals surface area contributed by atoms with Crippen LogP contribution in [0.25, 0.3) is 22.9 Å². The SMILES string of the molecule is COc1ccc(-c2nn3ccc(C(=O)N(CCC(C)C)CCC(C)C)cc3c2/C=C/CN2CCCOCC2)cc1. The van der Waals surface area contributed by atoms with Gasteiger partial charge in [-0.05, 0) is 67.5 Å². The van der Waals surface area contributed by atoms with Crippen LogP contribution in [0.3, 0.4) is 0 Å². The van der Waals surface area contributed by atoms with Gasteiger partial charge in [0.15, 0.2) is 0 Å². The monoisotopic (exact) mass is 546 g/mol. The molecule has 0 aliphatic carbocycles. The molecule has 2 aromatic heterocycles. The lowest BCUT2D eigenvalue weighted by Crippen LogP contribution is -2.34. The Morgan fingerprint density at radius 2 is 1.77 bits per heavy atom. The van der Waals surface area contributed by atoms with Gasteiger partial charge in [0.25, 0.3) is 5.91 Å². The van der Waals surface area contributed by atoms with Crippen LogP contribution < -0.4 is 4.74 Å². The van der Waals surface area contributed by atoms with Crippen molar-refractivity contribution < 1.29 is 14.3 Å². The number of aromatic nitrogens is 2. The van der Waals surface area contributed by atoms with E-state index in [4.69, 9.17) is 14.6 Å². The molecule has 0 N–H and O–H groups in total. The van der Waals surface area contributed by atoms with E-state index >= 15 is 0 Å². The van der Waals surface area contributed by atoms with Crippen molar-refractivity contribution in [1.82, 2.24) is 19.4 Å². The predicted molar refractivity (Wildman–Crippen MR) is 163 cm³/mol. The molecule has 0 saturated carbocycles. The summed E-state index contributed by atoms with van der Waals surface area (Å²) in [4.78, 5) is 18.2. The molecule has 0 atom stereocenters. The predicted octanol–water partition coefficient (Wildman–Crippen LogP) is 6.28. The number of benzene rings is 1. The standard InChI is InChI=1S/C33H46N4O3/c1-25(2)13-18-36(19-14-26(3)4)33(38)28-15-20-37-31(24-28)30(8-6-16-35-17-7-22-40-23-21-35)32(34-37)27-9-11-29(39-5)12-10-27/h6,8-12,15,20,24-26H,7,13-14,16-19,21-23H2,1-5H3/b8-6+.